The summed E-state index contributed by atoms with van der Waals surface area (Å²) in [5.74, 6) is -1.20. The first-order valence-electron chi connectivity index (χ1n) is 5.99. The van der Waals surface area contributed by atoms with Crippen LogP contribution in [0.25, 0.3) is 0 Å². The van der Waals surface area contributed by atoms with E-state index < -0.39 is 16.0 Å². The molecule has 7 heteroatoms. The van der Waals surface area contributed by atoms with Crippen LogP contribution in [0.4, 0.5) is 0 Å². The first-order valence-corrected chi connectivity index (χ1v) is 7.60. The van der Waals surface area contributed by atoms with Gasteiger partial charge in [0, 0.05) is 19.6 Å². The van der Waals surface area contributed by atoms with Crippen molar-refractivity contribution in [3.8, 4) is 0 Å². The fraction of sp³-hybridized carbons (Fsp3) is 0.909. The Labute approximate surface area is 110 Å². The van der Waals surface area contributed by atoms with Crippen molar-refractivity contribution in [1.29, 1.82) is 0 Å². The summed E-state index contributed by atoms with van der Waals surface area (Å²) < 4.78 is 25.4. The molecule has 0 heterocycles. The van der Waals surface area contributed by atoms with Gasteiger partial charge in [-0.2, -0.15) is 0 Å². The van der Waals surface area contributed by atoms with Crippen molar-refractivity contribution >= 4 is 16.0 Å². The number of sulfonamides is 1. The Hall–Kier alpha value is -0.660. The fourth-order valence-electron chi connectivity index (χ4n) is 1.41. The monoisotopic (exact) mass is 280 g/mol. The van der Waals surface area contributed by atoms with Crippen LogP contribution >= 0.6 is 0 Å². The zero-order valence-electron chi connectivity index (χ0n) is 11.6. The number of carboxylic acid groups (broad SMARTS) is 1. The summed E-state index contributed by atoms with van der Waals surface area (Å²) in [7, 11) is 0.263. The molecule has 0 fully saturated rings. The minimum atomic E-state index is -3.48. The Balaban J connectivity index is 4.65. The molecule has 0 aliphatic rings. The van der Waals surface area contributed by atoms with E-state index in [1.54, 1.807) is 0 Å². The average Bonchev–Trinajstić information content (AvgIpc) is 2.20. The van der Waals surface area contributed by atoms with Crippen molar-refractivity contribution in [1.82, 2.24) is 9.21 Å². The second-order valence-electron chi connectivity index (χ2n) is 5.01. The van der Waals surface area contributed by atoms with E-state index in [0.29, 0.717) is 19.6 Å². The molecule has 0 bridgehead atoms. The highest BCUT2D eigenvalue weighted by molar-refractivity contribution is 7.89. The lowest BCUT2D eigenvalue weighted by Crippen LogP contribution is -2.40. The van der Waals surface area contributed by atoms with Crippen LogP contribution in [0.3, 0.4) is 0 Å². The number of hydrogen-bond acceptors (Lipinski definition) is 4. The van der Waals surface area contributed by atoms with E-state index in [1.807, 2.05) is 32.8 Å². The Kier molecular flexibility index (Phi) is 7.42. The third-order valence-electron chi connectivity index (χ3n) is 2.33. The topological polar surface area (TPSA) is 77.9 Å². The zero-order chi connectivity index (χ0) is 14.3. The van der Waals surface area contributed by atoms with Crippen LogP contribution in [-0.4, -0.2) is 68.2 Å². The molecule has 6 nitrogen and oxygen atoms in total. The van der Waals surface area contributed by atoms with Crippen LogP contribution in [-0.2, 0) is 14.8 Å². The van der Waals surface area contributed by atoms with Crippen molar-refractivity contribution in [3.63, 3.8) is 0 Å². The van der Waals surface area contributed by atoms with E-state index >= 15 is 0 Å². The first kappa shape index (κ1) is 17.3. The van der Waals surface area contributed by atoms with Gasteiger partial charge in [-0.05, 0) is 20.0 Å². The molecule has 108 valence electrons. The van der Waals surface area contributed by atoms with Gasteiger partial charge in [0.15, 0.2) is 0 Å². The second-order valence-corrected chi connectivity index (χ2v) is 7.10. The maximum atomic E-state index is 12.0. The van der Waals surface area contributed by atoms with Crippen molar-refractivity contribution < 1.29 is 18.3 Å². The summed E-state index contributed by atoms with van der Waals surface area (Å²) in [6, 6.07) is 0. The van der Waals surface area contributed by atoms with Gasteiger partial charge in [0.05, 0.1) is 12.2 Å². The van der Waals surface area contributed by atoms with Gasteiger partial charge in [0.2, 0.25) is 10.0 Å². The molecular weight excluding hydrogens is 256 g/mol. The number of carbonyl (C=O) groups is 1. The third kappa shape index (κ3) is 7.62. The number of carboxylic acids is 1. The van der Waals surface area contributed by atoms with E-state index in [-0.39, 0.29) is 18.1 Å². The Morgan fingerprint density at radius 2 is 1.78 bits per heavy atom. The minimum absolute atomic E-state index is 0.215. The Morgan fingerprint density at radius 1 is 1.22 bits per heavy atom. The summed E-state index contributed by atoms with van der Waals surface area (Å²) >= 11 is 0. The number of aliphatic carboxylic acids is 1. The van der Waals surface area contributed by atoms with Crippen LogP contribution in [0.15, 0.2) is 0 Å². The molecule has 0 aromatic carbocycles. The highest BCUT2D eigenvalue weighted by Crippen LogP contribution is 2.08. The standard InChI is InChI=1S/C11H24N2O4S/c1-10(2)9-13(7-6-12(3)4)18(16,17)8-5-11(14)15/h10H,5-9H2,1-4H3,(H,14,15). The minimum Gasteiger partial charge on any atom is -0.481 e. The molecule has 18 heavy (non-hydrogen) atoms. The van der Waals surface area contributed by atoms with Crippen molar-refractivity contribution in [2.24, 2.45) is 5.92 Å². The van der Waals surface area contributed by atoms with Gasteiger partial charge in [-0.15, -0.1) is 0 Å². The molecule has 0 saturated carbocycles. The lowest BCUT2D eigenvalue weighted by molar-refractivity contribution is -0.136. The van der Waals surface area contributed by atoms with Crippen LogP contribution < -0.4 is 0 Å². The maximum absolute atomic E-state index is 12.0. The maximum Gasteiger partial charge on any atom is 0.304 e. The highest BCUT2D eigenvalue weighted by atomic mass is 32.2. The molecular formula is C11H24N2O4S. The third-order valence-corrected chi connectivity index (χ3v) is 4.17. The van der Waals surface area contributed by atoms with E-state index in [9.17, 15) is 13.2 Å². The lowest BCUT2D eigenvalue weighted by atomic mass is 10.2. The summed E-state index contributed by atoms with van der Waals surface area (Å²) in [6.45, 7) is 5.33. The van der Waals surface area contributed by atoms with E-state index in [1.165, 1.54) is 4.31 Å². The van der Waals surface area contributed by atoms with Gasteiger partial charge in [0.1, 0.15) is 0 Å². The van der Waals surface area contributed by atoms with E-state index in [0.717, 1.165) is 0 Å². The molecule has 0 aromatic heterocycles. The Morgan fingerprint density at radius 3 is 2.17 bits per heavy atom. The quantitative estimate of drug-likeness (QED) is 0.657. The molecule has 0 atom stereocenters. The second kappa shape index (κ2) is 7.70. The van der Waals surface area contributed by atoms with Gasteiger partial charge < -0.3 is 10.0 Å². The summed E-state index contributed by atoms with van der Waals surface area (Å²) in [5, 5.41) is 8.57. The van der Waals surface area contributed by atoms with Gasteiger partial charge in [-0.3, -0.25) is 4.79 Å². The zero-order valence-corrected chi connectivity index (χ0v) is 12.4. The summed E-state index contributed by atoms with van der Waals surface area (Å²) in [5.41, 5.74) is 0. The predicted molar refractivity (Wildman–Crippen MR) is 71.0 cm³/mol. The molecule has 1 N–H and O–H groups in total. The predicted octanol–water partition coefficient (Wildman–Crippen LogP) is 0.311. The first-order chi connectivity index (χ1) is 8.15. The largest absolute Gasteiger partial charge is 0.481 e. The number of likely N-dealkylation sites (N-methyl/N-ethyl adjacent to an activating group) is 1. The molecule has 0 aromatic rings. The average molecular weight is 280 g/mol. The lowest BCUT2D eigenvalue weighted by Gasteiger charge is -2.25. The highest BCUT2D eigenvalue weighted by Gasteiger charge is 2.23. The van der Waals surface area contributed by atoms with Crippen LogP contribution in [0.2, 0.25) is 0 Å². The van der Waals surface area contributed by atoms with Crippen molar-refractivity contribution in [3.05, 3.63) is 0 Å². The Bertz CT molecular complexity index is 352. The molecule has 0 saturated heterocycles. The molecule has 0 spiro atoms. The van der Waals surface area contributed by atoms with E-state index in [2.05, 4.69) is 0 Å². The van der Waals surface area contributed by atoms with Crippen molar-refractivity contribution in [2.45, 2.75) is 20.3 Å². The van der Waals surface area contributed by atoms with Gasteiger partial charge in [-0.25, -0.2) is 12.7 Å². The van der Waals surface area contributed by atoms with Gasteiger partial charge in [-0.1, -0.05) is 13.8 Å². The SMILES string of the molecule is CC(C)CN(CCN(C)C)S(=O)(=O)CCC(=O)O. The van der Waals surface area contributed by atoms with Gasteiger partial charge in [0.25, 0.3) is 0 Å². The van der Waals surface area contributed by atoms with Crippen LogP contribution in [0, 0.1) is 5.92 Å². The summed E-state index contributed by atoms with van der Waals surface area (Å²) in [4.78, 5) is 12.4. The summed E-state index contributed by atoms with van der Waals surface area (Å²) in [6.07, 6.45) is -0.348. The molecule has 0 amide bonds. The molecule has 0 aliphatic heterocycles. The van der Waals surface area contributed by atoms with E-state index in [4.69, 9.17) is 5.11 Å². The number of rotatable bonds is 9. The van der Waals surface area contributed by atoms with Crippen LogP contribution in [0.5, 0.6) is 0 Å². The fourth-order valence-corrected chi connectivity index (χ4v) is 2.98. The molecule has 0 aliphatic carbocycles. The number of hydrogen-bond donors (Lipinski definition) is 1. The number of nitrogens with zero attached hydrogens (tertiary/aromatic N) is 2. The molecule has 0 radical (unpaired) electrons. The molecule has 0 rings (SSSR count). The smallest absolute Gasteiger partial charge is 0.304 e. The van der Waals surface area contributed by atoms with Crippen LogP contribution in [0.1, 0.15) is 20.3 Å². The molecule has 0 unspecified atom stereocenters. The normalized spacial score (nSPS) is 12.6. The van der Waals surface area contributed by atoms with Gasteiger partial charge >= 0.3 is 5.97 Å². The van der Waals surface area contributed by atoms with Crippen molar-refractivity contribution in [2.75, 3.05) is 39.5 Å².